The van der Waals surface area contributed by atoms with E-state index < -0.39 is 0 Å². The quantitative estimate of drug-likeness (QED) is 0.737. The number of benzene rings is 1. The maximum atomic E-state index is 5.52. The topological polar surface area (TPSA) is 30.5 Å². The second-order valence-corrected chi connectivity index (χ2v) is 4.84. The molecular formula is C16H27NO2. The van der Waals surface area contributed by atoms with E-state index in [0.717, 1.165) is 18.0 Å². The summed E-state index contributed by atoms with van der Waals surface area (Å²) >= 11 is 0. The molecule has 0 spiro atoms. The molecule has 0 fully saturated rings. The van der Waals surface area contributed by atoms with Gasteiger partial charge in [0.2, 0.25) is 0 Å². The molecule has 19 heavy (non-hydrogen) atoms. The normalized spacial score (nSPS) is 12.2. The molecule has 1 rings (SSSR count). The van der Waals surface area contributed by atoms with Crippen LogP contribution in [0.15, 0.2) is 18.2 Å². The van der Waals surface area contributed by atoms with E-state index in [1.807, 2.05) is 19.1 Å². The SMILES string of the molecule is CCCCC(C)NCc1ccc(OCC)c(OC)c1. The summed E-state index contributed by atoms with van der Waals surface area (Å²) in [5.74, 6) is 1.62. The minimum atomic E-state index is 0.553. The molecule has 0 amide bonds. The highest BCUT2D eigenvalue weighted by Crippen LogP contribution is 2.28. The second-order valence-electron chi connectivity index (χ2n) is 4.84. The summed E-state index contributed by atoms with van der Waals surface area (Å²) < 4.78 is 10.9. The molecular weight excluding hydrogens is 238 g/mol. The first-order chi connectivity index (χ1) is 9.21. The van der Waals surface area contributed by atoms with Crippen molar-refractivity contribution in [2.24, 2.45) is 0 Å². The third-order valence-electron chi connectivity index (χ3n) is 3.17. The standard InChI is InChI=1S/C16H27NO2/c1-5-7-8-13(3)17-12-14-9-10-15(19-6-2)16(11-14)18-4/h9-11,13,17H,5-8,12H2,1-4H3. The van der Waals surface area contributed by atoms with Gasteiger partial charge in [0.1, 0.15) is 0 Å². The number of hydrogen-bond donors (Lipinski definition) is 1. The van der Waals surface area contributed by atoms with Crippen LogP contribution in [0.1, 0.15) is 45.6 Å². The van der Waals surface area contributed by atoms with Crippen molar-refractivity contribution in [2.75, 3.05) is 13.7 Å². The molecule has 0 bridgehead atoms. The van der Waals surface area contributed by atoms with Crippen LogP contribution in [0, 0.1) is 0 Å². The first-order valence-corrected chi connectivity index (χ1v) is 7.24. The van der Waals surface area contributed by atoms with E-state index in [0.29, 0.717) is 12.6 Å². The molecule has 1 N–H and O–H groups in total. The number of hydrogen-bond acceptors (Lipinski definition) is 3. The van der Waals surface area contributed by atoms with Gasteiger partial charge in [-0.05, 0) is 38.0 Å². The number of methoxy groups -OCH3 is 1. The van der Waals surface area contributed by atoms with Gasteiger partial charge in [0.15, 0.2) is 11.5 Å². The van der Waals surface area contributed by atoms with Crippen LogP contribution in [0.25, 0.3) is 0 Å². The molecule has 0 aliphatic carbocycles. The van der Waals surface area contributed by atoms with Crippen LogP contribution in [0.3, 0.4) is 0 Å². The van der Waals surface area contributed by atoms with Crippen LogP contribution in [0.2, 0.25) is 0 Å². The van der Waals surface area contributed by atoms with E-state index in [1.165, 1.54) is 24.8 Å². The summed E-state index contributed by atoms with van der Waals surface area (Å²) in [6.07, 6.45) is 3.76. The number of ether oxygens (including phenoxy) is 2. The minimum absolute atomic E-state index is 0.553. The lowest BCUT2D eigenvalue weighted by Crippen LogP contribution is -2.25. The number of nitrogens with one attached hydrogen (secondary N) is 1. The molecule has 0 saturated heterocycles. The average Bonchev–Trinajstić information content (AvgIpc) is 2.44. The van der Waals surface area contributed by atoms with E-state index in [-0.39, 0.29) is 0 Å². The van der Waals surface area contributed by atoms with Gasteiger partial charge in [0.05, 0.1) is 13.7 Å². The van der Waals surface area contributed by atoms with E-state index in [1.54, 1.807) is 7.11 Å². The summed E-state index contributed by atoms with van der Waals surface area (Å²) in [4.78, 5) is 0. The van der Waals surface area contributed by atoms with E-state index in [9.17, 15) is 0 Å². The Bertz CT molecular complexity index is 366. The highest BCUT2D eigenvalue weighted by molar-refractivity contribution is 5.42. The van der Waals surface area contributed by atoms with Gasteiger partial charge in [-0.25, -0.2) is 0 Å². The average molecular weight is 265 g/mol. The molecule has 3 nitrogen and oxygen atoms in total. The van der Waals surface area contributed by atoms with Crippen molar-refractivity contribution in [2.45, 2.75) is 52.6 Å². The van der Waals surface area contributed by atoms with Crippen molar-refractivity contribution in [1.82, 2.24) is 5.32 Å². The largest absolute Gasteiger partial charge is 0.493 e. The van der Waals surface area contributed by atoms with Gasteiger partial charge in [0.25, 0.3) is 0 Å². The molecule has 0 radical (unpaired) electrons. The van der Waals surface area contributed by atoms with E-state index >= 15 is 0 Å². The monoisotopic (exact) mass is 265 g/mol. The highest BCUT2D eigenvalue weighted by Gasteiger charge is 2.06. The fourth-order valence-electron chi connectivity index (χ4n) is 2.00. The Hall–Kier alpha value is -1.22. The van der Waals surface area contributed by atoms with Crippen LogP contribution in [-0.4, -0.2) is 19.8 Å². The summed E-state index contributed by atoms with van der Waals surface area (Å²) in [7, 11) is 1.68. The molecule has 1 unspecified atom stereocenters. The Morgan fingerprint density at radius 2 is 2.00 bits per heavy atom. The van der Waals surface area contributed by atoms with Crippen LogP contribution in [-0.2, 0) is 6.54 Å². The van der Waals surface area contributed by atoms with Crippen molar-refractivity contribution < 1.29 is 9.47 Å². The molecule has 1 atom stereocenters. The zero-order chi connectivity index (χ0) is 14.1. The lowest BCUT2D eigenvalue weighted by atomic mass is 10.1. The molecule has 0 aromatic heterocycles. The van der Waals surface area contributed by atoms with Crippen molar-refractivity contribution >= 4 is 0 Å². The molecule has 3 heteroatoms. The summed E-state index contributed by atoms with van der Waals surface area (Å²) in [6.45, 7) is 7.96. The van der Waals surface area contributed by atoms with Crippen LogP contribution < -0.4 is 14.8 Å². The zero-order valence-electron chi connectivity index (χ0n) is 12.7. The molecule has 0 saturated carbocycles. The van der Waals surface area contributed by atoms with Crippen molar-refractivity contribution in [3.63, 3.8) is 0 Å². The van der Waals surface area contributed by atoms with Crippen molar-refractivity contribution in [3.8, 4) is 11.5 Å². The van der Waals surface area contributed by atoms with Crippen molar-refractivity contribution in [3.05, 3.63) is 23.8 Å². The lowest BCUT2D eigenvalue weighted by Gasteiger charge is -2.15. The maximum Gasteiger partial charge on any atom is 0.161 e. The van der Waals surface area contributed by atoms with Crippen LogP contribution >= 0.6 is 0 Å². The van der Waals surface area contributed by atoms with E-state index in [2.05, 4.69) is 25.2 Å². The second kappa shape index (κ2) is 8.81. The first kappa shape index (κ1) is 15.8. The van der Waals surface area contributed by atoms with Gasteiger partial charge in [-0.3, -0.25) is 0 Å². The predicted octanol–water partition coefficient (Wildman–Crippen LogP) is 3.76. The van der Waals surface area contributed by atoms with Gasteiger partial charge in [-0.2, -0.15) is 0 Å². The van der Waals surface area contributed by atoms with Gasteiger partial charge in [-0.1, -0.05) is 25.8 Å². The van der Waals surface area contributed by atoms with Gasteiger partial charge < -0.3 is 14.8 Å². The Morgan fingerprint density at radius 3 is 2.63 bits per heavy atom. The summed E-state index contributed by atoms with van der Waals surface area (Å²) in [5.41, 5.74) is 1.23. The fraction of sp³-hybridized carbons (Fsp3) is 0.625. The van der Waals surface area contributed by atoms with Crippen LogP contribution in [0.4, 0.5) is 0 Å². The molecule has 0 aliphatic rings. The summed E-state index contributed by atoms with van der Waals surface area (Å²) in [5, 5.41) is 3.54. The van der Waals surface area contributed by atoms with Gasteiger partial charge in [-0.15, -0.1) is 0 Å². The highest BCUT2D eigenvalue weighted by atomic mass is 16.5. The predicted molar refractivity (Wildman–Crippen MR) is 80.0 cm³/mol. The third kappa shape index (κ3) is 5.52. The Labute approximate surface area is 117 Å². The smallest absolute Gasteiger partial charge is 0.161 e. The van der Waals surface area contributed by atoms with Crippen LogP contribution in [0.5, 0.6) is 11.5 Å². The number of unbranched alkanes of at least 4 members (excludes halogenated alkanes) is 1. The minimum Gasteiger partial charge on any atom is -0.493 e. The Balaban J connectivity index is 2.54. The molecule has 0 aliphatic heterocycles. The Morgan fingerprint density at radius 1 is 1.21 bits per heavy atom. The third-order valence-corrected chi connectivity index (χ3v) is 3.17. The number of rotatable bonds is 9. The van der Waals surface area contributed by atoms with Gasteiger partial charge in [0, 0.05) is 12.6 Å². The lowest BCUT2D eigenvalue weighted by molar-refractivity contribution is 0.310. The summed E-state index contributed by atoms with van der Waals surface area (Å²) in [6, 6.07) is 6.67. The molecule has 108 valence electrons. The fourth-order valence-corrected chi connectivity index (χ4v) is 2.00. The zero-order valence-corrected chi connectivity index (χ0v) is 12.7. The van der Waals surface area contributed by atoms with Crippen molar-refractivity contribution in [1.29, 1.82) is 0 Å². The first-order valence-electron chi connectivity index (χ1n) is 7.24. The molecule has 1 aromatic rings. The van der Waals surface area contributed by atoms with Gasteiger partial charge >= 0.3 is 0 Å². The molecule has 1 aromatic carbocycles. The van der Waals surface area contributed by atoms with E-state index in [4.69, 9.17) is 9.47 Å². The molecule has 0 heterocycles. The Kier molecular flexibility index (Phi) is 7.34. The maximum absolute atomic E-state index is 5.52.